The van der Waals surface area contributed by atoms with E-state index in [-0.39, 0.29) is 42.2 Å². The van der Waals surface area contributed by atoms with Gasteiger partial charge in [0.05, 0.1) is 22.9 Å². The Bertz CT molecular complexity index is 1280. The number of nitrogens with one attached hydrogen (secondary N) is 1. The molecule has 1 N–H and O–H groups in total. The fourth-order valence-electron chi connectivity index (χ4n) is 4.53. The lowest BCUT2D eigenvalue weighted by Crippen LogP contribution is -2.38. The molecule has 1 atom stereocenters. The van der Waals surface area contributed by atoms with Crippen molar-refractivity contribution < 1.29 is 18.2 Å². The Hall–Kier alpha value is -3.46. The highest BCUT2D eigenvalue weighted by Crippen LogP contribution is 2.33. The molecule has 1 aliphatic heterocycles. The number of rotatable bonds is 6. The third-order valence-electron chi connectivity index (χ3n) is 6.44. The van der Waals surface area contributed by atoms with E-state index in [2.05, 4.69) is 20.5 Å². The quantitative estimate of drug-likeness (QED) is 0.550. The van der Waals surface area contributed by atoms with Crippen molar-refractivity contribution in [1.29, 1.82) is 0 Å². The van der Waals surface area contributed by atoms with Gasteiger partial charge in [-0.3, -0.25) is 13.8 Å². The first-order valence-corrected chi connectivity index (χ1v) is 13.1. The zero-order valence-electron chi connectivity index (χ0n) is 19.2. The molecule has 35 heavy (non-hydrogen) atoms. The van der Waals surface area contributed by atoms with E-state index in [1.807, 2.05) is 30.3 Å². The topological polar surface area (TPSA) is 115 Å². The lowest BCUT2D eigenvalue weighted by atomic mass is 9.86. The maximum Gasteiger partial charge on any atom is 0.247 e. The minimum absolute atomic E-state index is 0.0386. The maximum atomic E-state index is 12.7. The van der Waals surface area contributed by atoms with Crippen molar-refractivity contribution in [3.8, 4) is 11.5 Å². The summed E-state index contributed by atoms with van der Waals surface area (Å²) in [7, 11) is -1.47. The molecule has 180 valence electrons. The van der Waals surface area contributed by atoms with Crippen LogP contribution in [-0.2, 0) is 15.6 Å². The first kappa shape index (κ1) is 23.3. The lowest BCUT2D eigenvalue weighted by molar-refractivity contribution is -0.121. The Labute approximate surface area is 205 Å². The third kappa shape index (κ3) is 5.45. The SMILES string of the molecule is O=C(CCS(=O)C1=Nc2ccccc2C(=O)C1)NC1CCC(c2nnc(-c3ccccc3)o2)CC1. The van der Waals surface area contributed by atoms with Crippen LogP contribution in [0.15, 0.2) is 64.0 Å². The number of benzene rings is 2. The Morgan fingerprint density at radius 1 is 1.00 bits per heavy atom. The standard InChI is InChI=1S/C26H26N4O4S/c31-22-16-24(28-21-9-5-4-8-20(21)22)35(33)15-14-23(32)27-19-12-10-18(11-13-19)26-30-29-25(34-26)17-6-2-1-3-7-17/h1-9,18-19H,10-16H2,(H,27,32). The normalized spacial score (nSPS) is 20.6. The van der Waals surface area contributed by atoms with Crippen LogP contribution >= 0.6 is 0 Å². The zero-order chi connectivity index (χ0) is 24.2. The van der Waals surface area contributed by atoms with E-state index in [1.54, 1.807) is 24.3 Å². The molecule has 9 heteroatoms. The molecular formula is C26H26N4O4S. The van der Waals surface area contributed by atoms with Gasteiger partial charge in [0, 0.05) is 35.3 Å². The summed E-state index contributed by atoms with van der Waals surface area (Å²) < 4.78 is 18.6. The molecule has 1 saturated carbocycles. The molecule has 1 fully saturated rings. The van der Waals surface area contributed by atoms with Crippen molar-refractivity contribution in [1.82, 2.24) is 15.5 Å². The molecule has 1 unspecified atom stereocenters. The van der Waals surface area contributed by atoms with Crippen LogP contribution in [0, 0.1) is 0 Å². The van der Waals surface area contributed by atoms with Crippen LogP contribution in [0.5, 0.6) is 0 Å². The number of hydrogen-bond donors (Lipinski definition) is 1. The highest BCUT2D eigenvalue weighted by molar-refractivity contribution is 8.00. The van der Waals surface area contributed by atoms with E-state index in [0.717, 1.165) is 31.2 Å². The number of aromatic nitrogens is 2. The Morgan fingerprint density at radius 2 is 1.74 bits per heavy atom. The Kier molecular flexibility index (Phi) is 6.94. The van der Waals surface area contributed by atoms with E-state index in [4.69, 9.17) is 4.42 Å². The van der Waals surface area contributed by atoms with Crippen molar-refractivity contribution >= 4 is 33.2 Å². The zero-order valence-corrected chi connectivity index (χ0v) is 20.0. The summed E-state index contributed by atoms with van der Waals surface area (Å²) in [4.78, 5) is 29.2. The van der Waals surface area contributed by atoms with Gasteiger partial charge in [-0.15, -0.1) is 10.2 Å². The van der Waals surface area contributed by atoms with Crippen molar-refractivity contribution in [2.75, 3.05) is 5.75 Å². The summed E-state index contributed by atoms with van der Waals surface area (Å²) in [6, 6.07) is 16.8. The molecule has 2 aromatic carbocycles. The van der Waals surface area contributed by atoms with Crippen LogP contribution in [0.3, 0.4) is 0 Å². The van der Waals surface area contributed by atoms with E-state index >= 15 is 0 Å². The molecule has 0 radical (unpaired) electrons. The predicted molar refractivity (Wildman–Crippen MR) is 133 cm³/mol. The molecule has 2 aliphatic rings. The first-order chi connectivity index (χ1) is 17.1. The number of carbonyl (C=O) groups is 2. The van der Waals surface area contributed by atoms with Gasteiger partial charge in [0.15, 0.2) is 5.78 Å². The number of aliphatic imine (C=N–C) groups is 1. The smallest absolute Gasteiger partial charge is 0.247 e. The van der Waals surface area contributed by atoms with Crippen LogP contribution in [0.1, 0.15) is 60.7 Å². The number of Topliss-reactive ketones (excluding diaryl/α,β-unsaturated/α-hetero) is 1. The molecule has 8 nitrogen and oxygen atoms in total. The molecule has 1 aliphatic carbocycles. The molecule has 1 aromatic heterocycles. The average Bonchev–Trinajstić information content (AvgIpc) is 3.39. The molecule has 0 saturated heterocycles. The van der Waals surface area contributed by atoms with Crippen LogP contribution in [0.2, 0.25) is 0 Å². The summed E-state index contributed by atoms with van der Waals surface area (Å²) >= 11 is 0. The maximum absolute atomic E-state index is 12.7. The van der Waals surface area contributed by atoms with Crippen molar-refractivity contribution in [2.45, 2.75) is 50.5 Å². The molecule has 5 rings (SSSR count). The number of amides is 1. The second-order valence-corrected chi connectivity index (χ2v) is 10.4. The number of hydrogen-bond acceptors (Lipinski definition) is 7. The van der Waals surface area contributed by atoms with Crippen LogP contribution in [0.4, 0.5) is 5.69 Å². The largest absolute Gasteiger partial charge is 0.420 e. The van der Waals surface area contributed by atoms with Crippen LogP contribution < -0.4 is 5.32 Å². The number of ketones is 1. The number of carbonyl (C=O) groups excluding carboxylic acids is 2. The van der Waals surface area contributed by atoms with Gasteiger partial charge in [-0.05, 0) is 49.9 Å². The van der Waals surface area contributed by atoms with E-state index in [0.29, 0.717) is 28.1 Å². The van der Waals surface area contributed by atoms with Gasteiger partial charge in [0.2, 0.25) is 17.7 Å². The molecule has 0 spiro atoms. The lowest BCUT2D eigenvalue weighted by Gasteiger charge is -2.27. The summed E-state index contributed by atoms with van der Waals surface area (Å²) in [5.74, 6) is 1.29. The van der Waals surface area contributed by atoms with Crippen molar-refractivity contribution in [3.63, 3.8) is 0 Å². The molecule has 3 aromatic rings. The van der Waals surface area contributed by atoms with Crippen molar-refractivity contribution in [3.05, 3.63) is 66.1 Å². The molecule has 0 bridgehead atoms. The summed E-state index contributed by atoms with van der Waals surface area (Å²) in [5, 5.41) is 11.8. The van der Waals surface area contributed by atoms with E-state index < -0.39 is 10.8 Å². The second kappa shape index (κ2) is 10.4. The predicted octanol–water partition coefficient (Wildman–Crippen LogP) is 4.33. The van der Waals surface area contributed by atoms with Crippen LogP contribution in [-0.4, -0.2) is 42.9 Å². The Morgan fingerprint density at radius 3 is 2.54 bits per heavy atom. The van der Waals surface area contributed by atoms with Crippen molar-refractivity contribution in [2.24, 2.45) is 4.99 Å². The fraction of sp³-hybridized carbons (Fsp3) is 0.346. The Balaban J connectivity index is 1.08. The summed E-state index contributed by atoms with van der Waals surface area (Å²) in [6.45, 7) is 0. The monoisotopic (exact) mass is 490 g/mol. The first-order valence-electron chi connectivity index (χ1n) is 11.8. The second-order valence-electron chi connectivity index (χ2n) is 8.85. The van der Waals surface area contributed by atoms with Gasteiger partial charge in [0.25, 0.3) is 0 Å². The van der Waals surface area contributed by atoms with Gasteiger partial charge in [-0.25, -0.2) is 4.99 Å². The third-order valence-corrected chi connectivity index (χ3v) is 7.78. The van der Waals surface area contributed by atoms with Gasteiger partial charge in [0.1, 0.15) is 5.04 Å². The minimum Gasteiger partial charge on any atom is -0.420 e. The fourth-order valence-corrected chi connectivity index (χ4v) is 5.63. The number of fused-ring (bicyclic) bond motifs is 1. The van der Waals surface area contributed by atoms with E-state index in [9.17, 15) is 13.8 Å². The van der Waals surface area contributed by atoms with Gasteiger partial charge < -0.3 is 9.73 Å². The molecular weight excluding hydrogens is 464 g/mol. The number of para-hydroxylation sites is 1. The van der Waals surface area contributed by atoms with Gasteiger partial charge in [-0.1, -0.05) is 30.3 Å². The van der Waals surface area contributed by atoms with Gasteiger partial charge in [-0.2, -0.15) is 0 Å². The summed E-state index contributed by atoms with van der Waals surface area (Å²) in [6.07, 6.45) is 3.51. The van der Waals surface area contributed by atoms with E-state index in [1.165, 1.54) is 0 Å². The highest BCUT2D eigenvalue weighted by atomic mass is 32.2. The molecule has 1 amide bonds. The molecule has 2 heterocycles. The average molecular weight is 491 g/mol. The minimum atomic E-state index is -1.47. The summed E-state index contributed by atoms with van der Waals surface area (Å²) in [5.41, 5.74) is 2.00. The van der Waals surface area contributed by atoms with Gasteiger partial charge >= 0.3 is 0 Å². The van der Waals surface area contributed by atoms with Crippen LogP contribution in [0.25, 0.3) is 11.5 Å². The number of nitrogens with zero attached hydrogens (tertiary/aromatic N) is 3. The highest BCUT2D eigenvalue weighted by Gasteiger charge is 2.28.